The molecule has 2 rings (SSSR count). The maximum atomic E-state index is 10.6. The molecule has 1 N–H and O–H groups in total. The number of aromatic nitrogens is 1. The Morgan fingerprint density at radius 2 is 2.12 bits per heavy atom. The van der Waals surface area contributed by atoms with Gasteiger partial charge in [-0.05, 0) is 58.7 Å². The average molecular weight is 410 g/mol. The van der Waals surface area contributed by atoms with Crippen LogP contribution in [-0.2, 0) is 9.53 Å². The van der Waals surface area contributed by atoms with Gasteiger partial charge in [-0.3, -0.25) is 0 Å². The van der Waals surface area contributed by atoms with Gasteiger partial charge in [-0.15, -0.1) is 0 Å². The Hall–Kier alpha value is -2.12. The molecule has 0 aliphatic heterocycles. The molecular formula is C18H20BrNO5. The third kappa shape index (κ3) is 6.03. The van der Waals surface area contributed by atoms with Crippen LogP contribution in [0.1, 0.15) is 23.8 Å². The maximum Gasteiger partial charge on any atom is 0.341 e. The first kappa shape index (κ1) is 19.2. The summed E-state index contributed by atoms with van der Waals surface area (Å²) in [6.45, 7) is 2.00. The molecular weight excluding hydrogens is 390 g/mol. The molecule has 2 aromatic rings. The lowest BCUT2D eigenvalue weighted by atomic mass is 10.1. The SMILES string of the molecule is COCC[C@H](Oc1ccc(OCC(=O)O)c(C)c1)c1cccc(Br)n1. The summed E-state index contributed by atoms with van der Waals surface area (Å²) >= 11 is 3.37. The van der Waals surface area contributed by atoms with Gasteiger partial charge in [0.15, 0.2) is 6.61 Å². The molecule has 134 valence electrons. The maximum absolute atomic E-state index is 10.6. The molecule has 6 nitrogen and oxygen atoms in total. The Morgan fingerprint density at radius 3 is 2.76 bits per heavy atom. The smallest absolute Gasteiger partial charge is 0.341 e. The van der Waals surface area contributed by atoms with Crippen molar-refractivity contribution in [3.8, 4) is 11.5 Å². The minimum atomic E-state index is -1.01. The highest BCUT2D eigenvalue weighted by Gasteiger charge is 2.16. The predicted molar refractivity (Wildman–Crippen MR) is 96.1 cm³/mol. The summed E-state index contributed by atoms with van der Waals surface area (Å²) in [6.07, 6.45) is 0.388. The number of carbonyl (C=O) groups is 1. The molecule has 0 spiro atoms. The average Bonchev–Trinajstić information content (AvgIpc) is 2.57. The van der Waals surface area contributed by atoms with E-state index < -0.39 is 5.97 Å². The molecule has 7 heteroatoms. The number of hydrogen-bond acceptors (Lipinski definition) is 5. The summed E-state index contributed by atoms with van der Waals surface area (Å²) in [5.74, 6) is 0.159. The number of nitrogens with zero attached hydrogens (tertiary/aromatic N) is 1. The van der Waals surface area contributed by atoms with Gasteiger partial charge >= 0.3 is 5.97 Å². The molecule has 0 bridgehead atoms. The first-order valence-electron chi connectivity index (χ1n) is 7.73. The lowest BCUT2D eigenvalue weighted by Gasteiger charge is -2.19. The lowest BCUT2D eigenvalue weighted by molar-refractivity contribution is -0.139. The molecule has 1 aromatic carbocycles. The zero-order valence-corrected chi connectivity index (χ0v) is 15.7. The molecule has 0 saturated heterocycles. The van der Waals surface area contributed by atoms with Gasteiger partial charge in [0.25, 0.3) is 0 Å². The normalized spacial score (nSPS) is 11.8. The summed E-state index contributed by atoms with van der Waals surface area (Å²) in [5.41, 5.74) is 1.60. The monoisotopic (exact) mass is 409 g/mol. The van der Waals surface area contributed by atoms with Crippen LogP contribution in [-0.4, -0.2) is 36.4 Å². The number of halogens is 1. The van der Waals surface area contributed by atoms with Crippen molar-refractivity contribution in [2.75, 3.05) is 20.3 Å². The predicted octanol–water partition coefficient (Wildman–Crippen LogP) is 3.77. The van der Waals surface area contributed by atoms with E-state index in [2.05, 4.69) is 20.9 Å². The Kier molecular flexibility index (Phi) is 7.21. The number of benzene rings is 1. The van der Waals surface area contributed by atoms with Gasteiger partial charge in [-0.2, -0.15) is 0 Å². The van der Waals surface area contributed by atoms with E-state index >= 15 is 0 Å². The highest BCUT2D eigenvalue weighted by molar-refractivity contribution is 9.10. The molecule has 25 heavy (non-hydrogen) atoms. The zero-order valence-electron chi connectivity index (χ0n) is 14.1. The van der Waals surface area contributed by atoms with Crippen molar-refractivity contribution < 1.29 is 24.1 Å². The zero-order chi connectivity index (χ0) is 18.2. The van der Waals surface area contributed by atoms with Gasteiger partial charge in [0.2, 0.25) is 0 Å². The Labute approximate surface area is 154 Å². The largest absolute Gasteiger partial charge is 0.484 e. The fraction of sp³-hybridized carbons (Fsp3) is 0.333. The number of pyridine rings is 1. The fourth-order valence-electron chi connectivity index (χ4n) is 2.26. The van der Waals surface area contributed by atoms with Crippen molar-refractivity contribution >= 4 is 21.9 Å². The number of ether oxygens (including phenoxy) is 3. The van der Waals surface area contributed by atoms with E-state index in [4.69, 9.17) is 19.3 Å². The number of rotatable bonds is 9. The van der Waals surface area contributed by atoms with E-state index in [1.54, 1.807) is 19.2 Å². The lowest BCUT2D eigenvalue weighted by Crippen LogP contribution is -2.13. The molecule has 0 aliphatic carbocycles. The molecule has 0 fully saturated rings. The van der Waals surface area contributed by atoms with Gasteiger partial charge in [0.1, 0.15) is 22.2 Å². The van der Waals surface area contributed by atoms with Crippen molar-refractivity contribution in [2.45, 2.75) is 19.4 Å². The fourth-order valence-corrected chi connectivity index (χ4v) is 2.61. The number of aliphatic carboxylic acids is 1. The molecule has 1 atom stereocenters. The second-order valence-electron chi connectivity index (χ2n) is 5.38. The molecule has 0 saturated carbocycles. The highest BCUT2D eigenvalue weighted by Crippen LogP contribution is 2.29. The number of methoxy groups -OCH3 is 1. The number of carboxylic acids is 1. The second kappa shape index (κ2) is 9.39. The van der Waals surface area contributed by atoms with Gasteiger partial charge < -0.3 is 19.3 Å². The van der Waals surface area contributed by atoms with Gasteiger partial charge in [0.05, 0.1) is 12.3 Å². The topological polar surface area (TPSA) is 77.9 Å². The minimum Gasteiger partial charge on any atom is -0.484 e. The van der Waals surface area contributed by atoms with E-state index in [1.165, 1.54) is 0 Å². The molecule has 0 amide bonds. The minimum absolute atomic E-state index is 0.261. The molecule has 0 radical (unpaired) electrons. The molecule has 0 aliphatic rings. The Balaban J connectivity index is 2.15. The summed E-state index contributed by atoms with van der Waals surface area (Å²) in [6, 6.07) is 10.9. The van der Waals surface area contributed by atoms with Crippen LogP contribution in [0.2, 0.25) is 0 Å². The summed E-state index contributed by atoms with van der Waals surface area (Å²) in [4.78, 5) is 15.1. The van der Waals surface area contributed by atoms with Gasteiger partial charge in [0, 0.05) is 13.5 Å². The molecule has 1 aromatic heterocycles. The van der Waals surface area contributed by atoms with Gasteiger partial charge in [-0.25, -0.2) is 9.78 Å². The Bertz CT molecular complexity index is 722. The van der Waals surface area contributed by atoms with Crippen molar-refractivity contribution in [3.05, 3.63) is 52.3 Å². The number of aryl methyl sites for hydroxylation is 1. The van der Waals surface area contributed by atoms with Crippen LogP contribution in [0.15, 0.2) is 41.0 Å². The number of hydrogen-bond donors (Lipinski definition) is 1. The van der Waals surface area contributed by atoms with Crippen LogP contribution >= 0.6 is 15.9 Å². The highest BCUT2D eigenvalue weighted by atomic mass is 79.9. The quantitative estimate of drug-likeness (QED) is 0.635. The van der Waals surface area contributed by atoms with Crippen LogP contribution in [0.3, 0.4) is 0 Å². The summed E-state index contributed by atoms with van der Waals surface area (Å²) < 4.78 is 17.2. The third-order valence-corrected chi connectivity index (χ3v) is 3.87. The van der Waals surface area contributed by atoms with E-state index in [1.807, 2.05) is 31.2 Å². The molecule has 0 unspecified atom stereocenters. The van der Waals surface area contributed by atoms with E-state index in [9.17, 15) is 4.79 Å². The van der Waals surface area contributed by atoms with E-state index in [0.717, 1.165) is 15.9 Å². The number of carboxylic acid groups (broad SMARTS) is 1. The van der Waals surface area contributed by atoms with Crippen LogP contribution < -0.4 is 9.47 Å². The van der Waals surface area contributed by atoms with Crippen molar-refractivity contribution in [1.82, 2.24) is 4.98 Å². The van der Waals surface area contributed by atoms with E-state index in [-0.39, 0.29) is 12.7 Å². The first-order valence-corrected chi connectivity index (χ1v) is 8.52. The Morgan fingerprint density at radius 1 is 1.32 bits per heavy atom. The van der Waals surface area contributed by atoms with E-state index in [0.29, 0.717) is 24.5 Å². The van der Waals surface area contributed by atoms with Gasteiger partial charge in [-0.1, -0.05) is 6.07 Å². The summed E-state index contributed by atoms with van der Waals surface area (Å²) in [5, 5.41) is 8.70. The van der Waals surface area contributed by atoms with Crippen LogP contribution in [0.4, 0.5) is 0 Å². The first-order chi connectivity index (χ1) is 12.0. The van der Waals surface area contributed by atoms with Crippen LogP contribution in [0.5, 0.6) is 11.5 Å². The van der Waals surface area contributed by atoms with Crippen molar-refractivity contribution in [3.63, 3.8) is 0 Å². The molecule has 1 heterocycles. The van der Waals surface area contributed by atoms with Crippen LogP contribution in [0.25, 0.3) is 0 Å². The van der Waals surface area contributed by atoms with Crippen LogP contribution in [0, 0.1) is 6.92 Å². The van der Waals surface area contributed by atoms with Crippen molar-refractivity contribution in [2.24, 2.45) is 0 Å². The van der Waals surface area contributed by atoms with Crippen molar-refractivity contribution in [1.29, 1.82) is 0 Å². The third-order valence-electron chi connectivity index (χ3n) is 3.43. The standard InChI is InChI=1S/C18H20BrNO5/c1-12-10-13(6-7-15(12)24-11-18(21)22)25-16(8-9-23-2)14-4-3-5-17(19)20-14/h3-7,10,16H,8-9,11H2,1-2H3,(H,21,22)/t16-/m0/s1. The summed E-state index contributed by atoms with van der Waals surface area (Å²) in [7, 11) is 1.64. The second-order valence-corrected chi connectivity index (χ2v) is 6.20.